The molecule has 4 nitrogen and oxygen atoms in total. The Labute approximate surface area is 101 Å². The highest BCUT2D eigenvalue weighted by Crippen LogP contribution is 2.32. The van der Waals surface area contributed by atoms with Crippen LogP contribution in [0.15, 0.2) is 4.42 Å². The number of hydrogen-bond donors (Lipinski definition) is 1. The third-order valence-electron chi connectivity index (χ3n) is 3.31. The van der Waals surface area contributed by atoms with Gasteiger partial charge in [-0.2, -0.15) is 5.26 Å². The summed E-state index contributed by atoms with van der Waals surface area (Å²) in [4.78, 5) is 12.1. The number of hydrogen-bond acceptors (Lipinski definition) is 3. The van der Waals surface area contributed by atoms with E-state index in [2.05, 4.69) is 11.4 Å². The molecule has 1 N–H and O–H groups in total. The molecule has 1 heterocycles. The van der Waals surface area contributed by atoms with Gasteiger partial charge in [-0.3, -0.25) is 4.79 Å². The molecule has 17 heavy (non-hydrogen) atoms. The maximum absolute atomic E-state index is 12.1. The van der Waals surface area contributed by atoms with Crippen LogP contribution in [0.2, 0.25) is 0 Å². The lowest BCUT2D eigenvalue weighted by molar-refractivity contribution is 0.0940. The van der Waals surface area contributed by atoms with Gasteiger partial charge in [-0.15, -0.1) is 0 Å². The molecule has 1 aromatic heterocycles. The number of amides is 1. The van der Waals surface area contributed by atoms with Crippen molar-refractivity contribution in [3.8, 4) is 6.07 Å². The second-order valence-corrected chi connectivity index (χ2v) is 4.63. The Morgan fingerprint density at radius 1 is 1.41 bits per heavy atom. The fourth-order valence-corrected chi connectivity index (χ4v) is 2.03. The van der Waals surface area contributed by atoms with E-state index in [1.807, 2.05) is 13.8 Å². The SMILES string of the molecule is Cc1oc(C)c(C(=O)NC(C#N)C2CC2)c1C. The topological polar surface area (TPSA) is 66.0 Å². The van der Waals surface area contributed by atoms with Crippen molar-refractivity contribution in [2.45, 2.75) is 39.7 Å². The fourth-order valence-electron chi connectivity index (χ4n) is 2.03. The van der Waals surface area contributed by atoms with Crippen molar-refractivity contribution >= 4 is 5.91 Å². The molecule has 4 heteroatoms. The van der Waals surface area contributed by atoms with Gasteiger partial charge in [0.25, 0.3) is 5.91 Å². The van der Waals surface area contributed by atoms with Crippen molar-refractivity contribution in [3.05, 3.63) is 22.6 Å². The second kappa shape index (κ2) is 4.25. The van der Waals surface area contributed by atoms with E-state index in [9.17, 15) is 4.79 Å². The second-order valence-electron chi connectivity index (χ2n) is 4.63. The van der Waals surface area contributed by atoms with Gasteiger partial charge in [0.15, 0.2) is 0 Å². The minimum atomic E-state index is -0.364. The van der Waals surface area contributed by atoms with Crippen LogP contribution in [-0.2, 0) is 0 Å². The van der Waals surface area contributed by atoms with Gasteiger partial charge in [0.05, 0.1) is 11.6 Å². The van der Waals surface area contributed by atoms with E-state index in [0.717, 1.165) is 24.2 Å². The molecule has 1 aliphatic rings. The molecule has 0 aromatic carbocycles. The van der Waals surface area contributed by atoms with E-state index in [1.54, 1.807) is 6.92 Å². The van der Waals surface area contributed by atoms with Gasteiger partial charge in [-0.25, -0.2) is 0 Å². The average molecular weight is 232 g/mol. The molecular formula is C13H16N2O2. The Balaban J connectivity index is 2.17. The van der Waals surface area contributed by atoms with Crippen LogP contribution in [0.4, 0.5) is 0 Å². The lowest BCUT2D eigenvalue weighted by atomic mass is 10.1. The van der Waals surface area contributed by atoms with Gasteiger partial charge in [-0.05, 0) is 39.5 Å². The molecule has 0 aliphatic heterocycles. The molecule has 1 aliphatic carbocycles. The molecular weight excluding hydrogens is 216 g/mol. The highest BCUT2D eigenvalue weighted by molar-refractivity contribution is 5.97. The first-order valence-corrected chi connectivity index (χ1v) is 5.81. The number of aryl methyl sites for hydroxylation is 2. The highest BCUT2D eigenvalue weighted by Gasteiger charge is 2.33. The Morgan fingerprint density at radius 3 is 2.47 bits per heavy atom. The first kappa shape index (κ1) is 11.7. The number of nitrogens with zero attached hydrogens (tertiary/aromatic N) is 1. The number of rotatable bonds is 3. The average Bonchev–Trinajstić information content (AvgIpc) is 3.05. The molecule has 1 fully saturated rings. The number of carbonyl (C=O) groups excluding carboxylic acids is 1. The molecule has 1 aromatic rings. The predicted octanol–water partition coefficient (Wildman–Crippen LogP) is 2.24. The summed E-state index contributed by atoms with van der Waals surface area (Å²) >= 11 is 0. The summed E-state index contributed by atoms with van der Waals surface area (Å²) in [6.45, 7) is 5.47. The lowest BCUT2D eigenvalue weighted by Gasteiger charge is -2.10. The molecule has 0 bridgehead atoms. The molecule has 1 unspecified atom stereocenters. The fraction of sp³-hybridized carbons (Fsp3) is 0.538. The zero-order chi connectivity index (χ0) is 12.6. The van der Waals surface area contributed by atoms with Crippen molar-refractivity contribution in [3.63, 3.8) is 0 Å². The van der Waals surface area contributed by atoms with Gasteiger partial charge >= 0.3 is 0 Å². The predicted molar refractivity (Wildman–Crippen MR) is 62.5 cm³/mol. The monoisotopic (exact) mass is 232 g/mol. The van der Waals surface area contributed by atoms with Gasteiger partial charge in [-0.1, -0.05) is 0 Å². The van der Waals surface area contributed by atoms with E-state index >= 15 is 0 Å². The largest absolute Gasteiger partial charge is 0.466 e. The van der Waals surface area contributed by atoms with Crippen molar-refractivity contribution in [1.29, 1.82) is 5.26 Å². The number of carbonyl (C=O) groups is 1. The van der Waals surface area contributed by atoms with Crippen molar-refractivity contribution in [1.82, 2.24) is 5.32 Å². The highest BCUT2D eigenvalue weighted by atomic mass is 16.3. The molecule has 0 radical (unpaired) electrons. The van der Waals surface area contributed by atoms with Crippen molar-refractivity contribution in [2.24, 2.45) is 5.92 Å². The van der Waals surface area contributed by atoms with Crippen LogP contribution >= 0.6 is 0 Å². The zero-order valence-electron chi connectivity index (χ0n) is 10.3. The number of nitriles is 1. The maximum atomic E-state index is 12.1. The van der Waals surface area contributed by atoms with E-state index in [4.69, 9.17) is 9.68 Å². The lowest BCUT2D eigenvalue weighted by Crippen LogP contribution is -2.35. The summed E-state index contributed by atoms with van der Waals surface area (Å²) in [6, 6.07) is 1.78. The summed E-state index contributed by atoms with van der Waals surface area (Å²) in [6.07, 6.45) is 2.06. The molecule has 0 saturated heterocycles. The summed E-state index contributed by atoms with van der Waals surface area (Å²) in [5.41, 5.74) is 1.43. The van der Waals surface area contributed by atoms with Crippen LogP contribution in [-0.4, -0.2) is 11.9 Å². The van der Waals surface area contributed by atoms with Crippen LogP contribution in [0, 0.1) is 38.0 Å². The first-order chi connectivity index (χ1) is 8.04. The van der Waals surface area contributed by atoms with Crippen LogP contribution in [0.25, 0.3) is 0 Å². The number of furan rings is 1. The van der Waals surface area contributed by atoms with Gasteiger partial charge < -0.3 is 9.73 Å². The van der Waals surface area contributed by atoms with Crippen molar-refractivity contribution in [2.75, 3.05) is 0 Å². The summed E-state index contributed by atoms with van der Waals surface area (Å²) < 4.78 is 5.41. The van der Waals surface area contributed by atoms with E-state index in [-0.39, 0.29) is 11.9 Å². The standard InChI is InChI=1S/C13H16N2O2/c1-7-8(2)17-9(3)12(7)13(16)15-11(6-14)10-4-5-10/h10-11H,4-5H2,1-3H3,(H,15,16). The minimum Gasteiger partial charge on any atom is -0.466 e. The minimum absolute atomic E-state index is 0.199. The van der Waals surface area contributed by atoms with Gasteiger partial charge in [0.1, 0.15) is 17.6 Å². The molecule has 0 spiro atoms. The molecule has 1 atom stereocenters. The van der Waals surface area contributed by atoms with Gasteiger partial charge in [0.2, 0.25) is 0 Å². The molecule has 1 saturated carbocycles. The molecule has 2 rings (SSSR count). The third kappa shape index (κ3) is 2.19. The van der Waals surface area contributed by atoms with E-state index in [1.165, 1.54) is 0 Å². The Bertz CT molecular complexity index is 492. The zero-order valence-corrected chi connectivity index (χ0v) is 10.3. The normalized spacial score (nSPS) is 16.4. The van der Waals surface area contributed by atoms with E-state index < -0.39 is 0 Å². The maximum Gasteiger partial charge on any atom is 0.256 e. The molecule has 1 amide bonds. The van der Waals surface area contributed by atoms with Crippen LogP contribution in [0.1, 0.15) is 40.3 Å². The third-order valence-corrected chi connectivity index (χ3v) is 3.31. The Hall–Kier alpha value is -1.76. The smallest absolute Gasteiger partial charge is 0.256 e. The van der Waals surface area contributed by atoms with Crippen molar-refractivity contribution < 1.29 is 9.21 Å². The van der Waals surface area contributed by atoms with Crippen LogP contribution < -0.4 is 5.32 Å². The Kier molecular flexibility index (Phi) is 2.93. The quantitative estimate of drug-likeness (QED) is 0.869. The number of nitrogens with one attached hydrogen (secondary N) is 1. The van der Waals surface area contributed by atoms with Gasteiger partial charge in [0, 0.05) is 5.56 Å². The first-order valence-electron chi connectivity index (χ1n) is 5.81. The van der Waals surface area contributed by atoms with E-state index in [0.29, 0.717) is 17.2 Å². The van der Waals surface area contributed by atoms with Crippen LogP contribution in [0.3, 0.4) is 0 Å². The van der Waals surface area contributed by atoms with Crippen LogP contribution in [0.5, 0.6) is 0 Å². The molecule has 90 valence electrons. The summed E-state index contributed by atoms with van der Waals surface area (Å²) in [5, 5.41) is 11.8. The Morgan fingerprint density at radius 2 is 2.06 bits per heavy atom. The summed E-state index contributed by atoms with van der Waals surface area (Å²) in [7, 11) is 0. The summed E-state index contributed by atoms with van der Waals surface area (Å²) in [5.74, 6) is 1.51.